The first kappa shape index (κ1) is 23.3. The number of nitrogens with one attached hydrogen (secondary N) is 3. The lowest BCUT2D eigenvalue weighted by molar-refractivity contribution is 0.0377. The van der Waals surface area contributed by atoms with E-state index in [9.17, 15) is 0 Å². The topological polar surface area (TPSA) is 64.7 Å². The molecule has 3 N–H and O–H groups in total. The van der Waals surface area contributed by atoms with Gasteiger partial charge in [-0.2, -0.15) is 0 Å². The van der Waals surface area contributed by atoms with Crippen LogP contribution in [0.3, 0.4) is 0 Å². The number of aromatic amines is 1. The van der Waals surface area contributed by atoms with Crippen molar-refractivity contribution in [2.75, 3.05) is 52.5 Å². The quantitative estimate of drug-likeness (QED) is 0.217. The lowest BCUT2D eigenvalue weighted by Crippen LogP contribution is -2.39. The Morgan fingerprint density at radius 2 is 2.11 bits per heavy atom. The summed E-state index contributed by atoms with van der Waals surface area (Å²) < 4.78 is 5.39. The van der Waals surface area contributed by atoms with Crippen LogP contribution in [0.4, 0.5) is 0 Å². The normalized spacial score (nSPS) is 15.4. The van der Waals surface area contributed by atoms with E-state index >= 15 is 0 Å². The second-order valence-electron chi connectivity index (χ2n) is 6.75. The van der Waals surface area contributed by atoms with Crippen LogP contribution in [-0.2, 0) is 11.2 Å². The van der Waals surface area contributed by atoms with Gasteiger partial charge in [-0.05, 0) is 43.5 Å². The van der Waals surface area contributed by atoms with E-state index in [4.69, 9.17) is 21.3 Å². The zero-order valence-corrected chi connectivity index (χ0v) is 19.6. The Hall–Kier alpha value is -1.03. The molecule has 2 aromatic rings. The SMILES string of the molecule is CCNC(=NCCCN1CCOCC1)NCCc1c[nH]c2ccc(Cl)cc12.I. The van der Waals surface area contributed by atoms with E-state index in [0.717, 1.165) is 81.8 Å². The van der Waals surface area contributed by atoms with Gasteiger partial charge in [-0.3, -0.25) is 9.89 Å². The van der Waals surface area contributed by atoms with Gasteiger partial charge in [0, 0.05) is 61.4 Å². The third-order valence-electron chi connectivity index (χ3n) is 4.77. The van der Waals surface area contributed by atoms with Crippen molar-refractivity contribution in [3.63, 3.8) is 0 Å². The van der Waals surface area contributed by atoms with Crippen LogP contribution >= 0.6 is 35.6 Å². The summed E-state index contributed by atoms with van der Waals surface area (Å²) in [5.74, 6) is 0.886. The third kappa shape index (κ3) is 7.09. The Morgan fingerprint density at radius 1 is 1.29 bits per heavy atom. The monoisotopic (exact) mass is 519 g/mol. The second-order valence-corrected chi connectivity index (χ2v) is 7.19. The largest absolute Gasteiger partial charge is 0.379 e. The van der Waals surface area contributed by atoms with E-state index in [0.29, 0.717) is 0 Å². The molecule has 0 spiro atoms. The van der Waals surface area contributed by atoms with Crippen LogP contribution in [0.1, 0.15) is 18.9 Å². The number of aromatic nitrogens is 1. The maximum atomic E-state index is 6.13. The standard InChI is InChI=1S/C20H30ClN5O.HI/c1-2-22-20(23-7-3-9-26-10-12-27-13-11-26)24-8-6-16-15-25-19-5-4-17(21)14-18(16)19;/h4-5,14-15,25H,2-3,6-13H2,1H3,(H2,22,23,24);1H. The Kier molecular flexibility index (Phi) is 10.4. The molecule has 0 amide bonds. The Morgan fingerprint density at radius 3 is 2.89 bits per heavy atom. The van der Waals surface area contributed by atoms with E-state index in [1.165, 1.54) is 10.9 Å². The molecule has 1 aromatic carbocycles. The summed E-state index contributed by atoms with van der Waals surface area (Å²) in [5, 5.41) is 8.72. The minimum absolute atomic E-state index is 0. The Bertz CT molecular complexity index is 745. The van der Waals surface area contributed by atoms with Crippen molar-refractivity contribution >= 4 is 52.4 Å². The summed E-state index contributed by atoms with van der Waals surface area (Å²) in [6.45, 7) is 9.48. The smallest absolute Gasteiger partial charge is 0.191 e. The van der Waals surface area contributed by atoms with Crippen LogP contribution < -0.4 is 10.6 Å². The first-order chi connectivity index (χ1) is 13.3. The van der Waals surface area contributed by atoms with Gasteiger partial charge in [0.15, 0.2) is 5.96 Å². The molecule has 0 bridgehead atoms. The molecule has 2 heterocycles. The summed E-state index contributed by atoms with van der Waals surface area (Å²) in [5.41, 5.74) is 2.39. The van der Waals surface area contributed by atoms with E-state index in [-0.39, 0.29) is 24.0 Å². The number of benzene rings is 1. The van der Waals surface area contributed by atoms with E-state index < -0.39 is 0 Å². The minimum Gasteiger partial charge on any atom is -0.379 e. The zero-order chi connectivity index (χ0) is 18.9. The molecule has 1 aliphatic rings. The number of morpholine rings is 1. The number of halogens is 2. The average Bonchev–Trinajstić information content (AvgIpc) is 3.08. The van der Waals surface area contributed by atoms with Crippen molar-refractivity contribution in [1.82, 2.24) is 20.5 Å². The predicted octanol–water partition coefficient (Wildman–Crippen LogP) is 3.26. The molecular formula is C20H31ClIN5O. The van der Waals surface area contributed by atoms with E-state index in [1.807, 2.05) is 18.2 Å². The van der Waals surface area contributed by atoms with Crippen LogP contribution in [0.5, 0.6) is 0 Å². The Labute approximate surface area is 189 Å². The summed E-state index contributed by atoms with van der Waals surface area (Å²) in [4.78, 5) is 10.5. The molecule has 0 unspecified atom stereocenters. The van der Waals surface area contributed by atoms with Crippen molar-refractivity contribution in [3.8, 4) is 0 Å². The van der Waals surface area contributed by atoms with E-state index in [2.05, 4.69) is 33.6 Å². The van der Waals surface area contributed by atoms with Crippen LogP contribution in [0.2, 0.25) is 5.02 Å². The van der Waals surface area contributed by atoms with Crippen molar-refractivity contribution < 1.29 is 4.74 Å². The number of ether oxygens (including phenoxy) is 1. The first-order valence-corrected chi connectivity index (χ1v) is 10.2. The number of aliphatic imine (C=N–C) groups is 1. The molecule has 28 heavy (non-hydrogen) atoms. The molecule has 3 rings (SSSR count). The van der Waals surface area contributed by atoms with Gasteiger partial charge in [-0.1, -0.05) is 11.6 Å². The molecule has 156 valence electrons. The number of fused-ring (bicyclic) bond motifs is 1. The number of H-pyrrole nitrogens is 1. The maximum Gasteiger partial charge on any atom is 0.191 e. The zero-order valence-electron chi connectivity index (χ0n) is 16.5. The van der Waals surface area contributed by atoms with Gasteiger partial charge in [0.05, 0.1) is 13.2 Å². The molecule has 1 fully saturated rings. The molecule has 0 radical (unpaired) electrons. The second kappa shape index (κ2) is 12.5. The minimum atomic E-state index is 0. The Balaban J connectivity index is 0.00000280. The van der Waals surface area contributed by atoms with Crippen molar-refractivity contribution in [1.29, 1.82) is 0 Å². The highest BCUT2D eigenvalue weighted by Gasteiger charge is 2.09. The molecule has 6 nitrogen and oxygen atoms in total. The molecule has 0 saturated carbocycles. The van der Waals surface area contributed by atoms with Crippen molar-refractivity contribution in [3.05, 3.63) is 35.0 Å². The van der Waals surface area contributed by atoms with Gasteiger partial charge >= 0.3 is 0 Å². The number of hydrogen-bond donors (Lipinski definition) is 3. The van der Waals surface area contributed by atoms with Gasteiger partial charge in [0.2, 0.25) is 0 Å². The van der Waals surface area contributed by atoms with Gasteiger partial charge in [-0.25, -0.2) is 0 Å². The van der Waals surface area contributed by atoms with E-state index in [1.54, 1.807) is 0 Å². The highest BCUT2D eigenvalue weighted by molar-refractivity contribution is 14.0. The molecule has 1 aliphatic heterocycles. The number of hydrogen-bond acceptors (Lipinski definition) is 3. The van der Waals surface area contributed by atoms with Crippen molar-refractivity contribution in [2.24, 2.45) is 4.99 Å². The molecule has 8 heteroatoms. The lowest BCUT2D eigenvalue weighted by Gasteiger charge is -2.26. The highest BCUT2D eigenvalue weighted by atomic mass is 127. The molecular weight excluding hydrogens is 489 g/mol. The van der Waals surface area contributed by atoms with Crippen LogP contribution in [-0.4, -0.2) is 68.3 Å². The van der Waals surface area contributed by atoms with Crippen molar-refractivity contribution in [2.45, 2.75) is 19.8 Å². The summed E-state index contributed by atoms with van der Waals surface area (Å²) >= 11 is 6.13. The summed E-state index contributed by atoms with van der Waals surface area (Å²) in [7, 11) is 0. The van der Waals surface area contributed by atoms with Gasteiger partial charge in [-0.15, -0.1) is 24.0 Å². The fraction of sp³-hybridized carbons (Fsp3) is 0.550. The molecule has 1 saturated heterocycles. The van der Waals surface area contributed by atoms with Gasteiger partial charge in [0.1, 0.15) is 0 Å². The number of guanidine groups is 1. The first-order valence-electron chi connectivity index (χ1n) is 9.84. The lowest BCUT2D eigenvalue weighted by atomic mass is 10.1. The maximum absolute atomic E-state index is 6.13. The van der Waals surface area contributed by atoms with Crippen LogP contribution in [0.25, 0.3) is 10.9 Å². The van der Waals surface area contributed by atoms with Gasteiger partial charge < -0.3 is 20.4 Å². The fourth-order valence-corrected chi connectivity index (χ4v) is 3.50. The number of rotatable bonds is 8. The third-order valence-corrected chi connectivity index (χ3v) is 5.00. The van der Waals surface area contributed by atoms with Crippen LogP contribution in [0, 0.1) is 0 Å². The summed E-state index contributed by atoms with van der Waals surface area (Å²) in [6, 6.07) is 5.96. The summed E-state index contributed by atoms with van der Waals surface area (Å²) in [6.07, 6.45) is 4.05. The van der Waals surface area contributed by atoms with Gasteiger partial charge in [0.25, 0.3) is 0 Å². The molecule has 0 atom stereocenters. The highest BCUT2D eigenvalue weighted by Crippen LogP contribution is 2.22. The average molecular weight is 520 g/mol. The fourth-order valence-electron chi connectivity index (χ4n) is 3.32. The number of nitrogens with zero attached hydrogens (tertiary/aromatic N) is 2. The predicted molar refractivity (Wildman–Crippen MR) is 128 cm³/mol. The molecule has 0 aliphatic carbocycles. The molecule has 1 aromatic heterocycles. The van der Waals surface area contributed by atoms with Crippen LogP contribution in [0.15, 0.2) is 29.4 Å².